The van der Waals surface area contributed by atoms with Gasteiger partial charge in [0.05, 0.1) is 11.8 Å². The number of aliphatic hydroxyl groups excluding tert-OH is 1. The van der Waals surface area contributed by atoms with Crippen LogP contribution >= 0.6 is 15.9 Å². The molecule has 0 amide bonds. The van der Waals surface area contributed by atoms with Gasteiger partial charge in [0.2, 0.25) is 0 Å². The van der Waals surface area contributed by atoms with Gasteiger partial charge in [-0.05, 0) is 59.4 Å². The Bertz CT molecular complexity index is 405. The summed E-state index contributed by atoms with van der Waals surface area (Å²) >= 11 is 3.64. The van der Waals surface area contributed by atoms with E-state index < -0.39 is 0 Å². The highest BCUT2D eigenvalue weighted by molar-refractivity contribution is 9.10. The molecule has 18 heavy (non-hydrogen) atoms. The minimum absolute atomic E-state index is 0.0650. The highest BCUT2D eigenvalue weighted by atomic mass is 79.9. The summed E-state index contributed by atoms with van der Waals surface area (Å²) in [5.41, 5.74) is 2.50. The van der Waals surface area contributed by atoms with Gasteiger partial charge in [0.15, 0.2) is 0 Å². The van der Waals surface area contributed by atoms with Gasteiger partial charge in [-0.1, -0.05) is 6.07 Å². The van der Waals surface area contributed by atoms with Crippen molar-refractivity contribution < 1.29 is 5.11 Å². The molecule has 2 rings (SSSR count). The molecule has 3 nitrogen and oxygen atoms in total. The van der Waals surface area contributed by atoms with E-state index in [4.69, 9.17) is 0 Å². The number of nitrogens with zero attached hydrogens (tertiary/aromatic N) is 1. The Morgan fingerprint density at radius 1 is 1.44 bits per heavy atom. The maximum atomic E-state index is 9.32. The second kappa shape index (κ2) is 6.04. The number of rotatable bonds is 5. The maximum absolute atomic E-state index is 9.32. The van der Waals surface area contributed by atoms with E-state index in [-0.39, 0.29) is 6.10 Å². The Morgan fingerprint density at radius 2 is 2.17 bits per heavy atom. The van der Waals surface area contributed by atoms with E-state index in [9.17, 15) is 5.11 Å². The maximum Gasteiger partial charge on any atom is 0.0546 e. The third-order valence-corrected chi connectivity index (χ3v) is 4.18. The lowest BCUT2D eigenvalue weighted by atomic mass is 9.82. The molecule has 1 aromatic rings. The smallest absolute Gasteiger partial charge is 0.0546 e. The normalized spacial score (nSPS) is 22.7. The number of nitrogens with one attached hydrogen (secondary N) is 1. The van der Waals surface area contributed by atoms with Gasteiger partial charge >= 0.3 is 0 Å². The zero-order valence-electron chi connectivity index (χ0n) is 11.0. The molecular weight excluding hydrogens is 292 g/mol. The van der Waals surface area contributed by atoms with Crippen molar-refractivity contribution in [1.29, 1.82) is 0 Å². The van der Waals surface area contributed by atoms with E-state index in [1.54, 1.807) is 0 Å². The number of aliphatic hydroxyl groups is 1. The van der Waals surface area contributed by atoms with Crippen molar-refractivity contribution in [3.63, 3.8) is 0 Å². The van der Waals surface area contributed by atoms with Crippen molar-refractivity contribution in [1.82, 2.24) is 5.32 Å². The van der Waals surface area contributed by atoms with Crippen LogP contribution in [0.25, 0.3) is 0 Å². The first kappa shape index (κ1) is 13.8. The van der Waals surface area contributed by atoms with Crippen molar-refractivity contribution >= 4 is 21.6 Å². The number of halogens is 1. The van der Waals surface area contributed by atoms with Crippen LogP contribution in [0.1, 0.15) is 18.4 Å². The Hall–Kier alpha value is -0.580. The first-order valence-corrected chi connectivity index (χ1v) is 7.21. The van der Waals surface area contributed by atoms with E-state index in [1.165, 1.54) is 11.3 Å². The van der Waals surface area contributed by atoms with Crippen molar-refractivity contribution in [2.45, 2.75) is 25.5 Å². The third-order valence-electron chi connectivity index (χ3n) is 3.55. The van der Waals surface area contributed by atoms with Crippen molar-refractivity contribution in [3.8, 4) is 0 Å². The molecule has 0 atom stereocenters. The average Bonchev–Trinajstić information content (AvgIpc) is 2.27. The summed E-state index contributed by atoms with van der Waals surface area (Å²) in [6.45, 7) is 1.90. The summed E-state index contributed by atoms with van der Waals surface area (Å²) in [4.78, 5) is 2.27. The first-order chi connectivity index (χ1) is 8.60. The van der Waals surface area contributed by atoms with Gasteiger partial charge < -0.3 is 15.3 Å². The van der Waals surface area contributed by atoms with Crippen LogP contribution in [0.4, 0.5) is 5.69 Å². The van der Waals surface area contributed by atoms with Crippen molar-refractivity contribution in [2.75, 3.05) is 25.5 Å². The molecule has 0 heterocycles. The zero-order valence-corrected chi connectivity index (χ0v) is 12.6. The molecule has 0 bridgehead atoms. The van der Waals surface area contributed by atoms with E-state index >= 15 is 0 Å². The van der Waals surface area contributed by atoms with E-state index in [0.717, 1.165) is 30.4 Å². The van der Waals surface area contributed by atoms with Crippen LogP contribution in [-0.4, -0.2) is 31.9 Å². The molecule has 0 aromatic heterocycles. The molecule has 0 aliphatic heterocycles. The number of anilines is 1. The molecule has 0 unspecified atom stereocenters. The molecule has 2 N–H and O–H groups in total. The Morgan fingerprint density at radius 3 is 2.72 bits per heavy atom. The van der Waals surface area contributed by atoms with Gasteiger partial charge in [0.1, 0.15) is 0 Å². The molecule has 0 spiro atoms. The summed E-state index contributed by atoms with van der Waals surface area (Å²) in [6, 6.07) is 6.48. The fourth-order valence-electron chi connectivity index (χ4n) is 2.51. The topological polar surface area (TPSA) is 35.5 Å². The molecule has 100 valence electrons. The van der Waals surface area contributed by atoms with Crippen LogP contribution in [0.3, 0.4) is 0 Å². The molecule has 1 aliphatic rings. The van der Waals surface area contributed by atoms with Gasteiger partial charge in [0.25, 0.3) is 0 Å². The predicted molar refractivity (Wildman–Crippen MR) is 78.9 cm³/mol. The first-order valence-electron chi connectivity index (χ1n) is 6.42. The minimum atomic E-state index is -0.0650. The number of benzene rings is 1. The summed E-state index contributed by atoms with van der Waals surface area (Å²) in [5.74, 6) is 0.633. The molecule has 4 heteroatoms. The van der Waals surface area contributed by atoms with Crippen molar-refractivity contribution in [3.05, 3.63) is 28.2 Å². The van der Waals surface area contributed by atoms with Gasteiger partial charge in [-0.2, -0.15) is 0 Å². The molecule has 1 aliphatic carbocycles. The highest BCUT2D eigenvalue weighted by Crippen LogP contribution is 2.32. The van der Waals surface area contributed by atoms with Gasteiger partial charge in [-0.25, -0.2) is 0 Å². The van der Waals surface area contributed by atoms with Crippen LogP contribution in [0, 0.1) is 5.92 Å². The van der Waals surface area contributed by atoms with Gasteiger partial charge in [-0.15, -0.1) is 0 Å². The fraction of sp³-hybridized carbons (Fsp3) is 0.571. The average molecular weight is 313 g/mol. The Kier molecular flexibility index (Phi) is 4.65. The summed E-state index contributed by atoms with van der Waals surface area (Å²) in [7, 11) is 4.07. The molecule has 1 aromatic carbocycles. The van der Waals surface area contributed by atoms with Crippen LogP contribution in [0.2, 0.25) is 0 Å². The molecular formula is C14H21BrN2O. The largest absolute Gasteiger partial charge is 0.393 e. The van der Waals surface area contributed by atoms with Crippen LogP contribution in [-0.2, 0) is 6.54 Å². The predicted octanol–water partition coefficient (Wildman–Crippen LogP) is 2.38. The molecule has 1 saturated carbocycles. The van der Waals surface area contributed by atoms with Gasteiger partial charge in [0, 0.05) is 24.6 Å². The summed E-state index contributed by atoms with van der Waals surface area (Å²) in [5, 5.41) is 12.5. The minimum Gasteiger partial charge on any atom is -0.393 e. The number of hydrogen-bond acceptors (Lipinski definition) is 3. The molecule has 1 fully saturated rings. The lowest BCUT2D eigenvalue weighted by Gasteiger charge is -2.35. The van der Waals surface area contributed by atoms with E-state index in [1.807, 2.05) is 7.05 Å². The molecule has 0 radical (unpaired) electrons. The Balaban J connectivity index is 1.99. The number of hydrogen-bond donors (Lipinski definition) is 2. The standard InChI is InChI=1S/C14H21BrN2O/c1-16-8-10-3-4-14(13(15)7-10)17(2)9-11-5-12(18)6-11/h3-4,7,11-12,16,18H,5-6,8-9H2,1-2H3. The summed E-state index contributed by atoms with van der Waals surface area (Å²) < 4.78 is 1.14. The Labute approximate surface area is 117 Å². The van der Waals surface area contributed by atoms with Crippen LogP contribution < -0.4 is 10.2 Å². The molecule has 0 saturated heterocycles. The zero-order chi connectivity index (χ0) is 13.1. The van der Waals surface area contributed by atoms with Crippen LogP contribution in [0.5, 0.6) is 0 Å². The SMILES string of the molecule is CNCc1ccc(N(C)CC2CC(O)C2)c(Br)c1. The quantitative estimate of drug-likeness (QED) is 0.876. The van der Waals surface area contributed by atoms with Crippen LogP contribution in [0.15, 0.2) is 22.7 Å². The second-order valence-corrected chi connectivity index (χ2v) is 6.04. The van der Waals surface area contributed by atoms with E-state index in [0.29, 0.717) is 5.92 Å². The second-order valence-electron chi connectivity index (χ2n) is 5.19. The lowest BCUT2D eigenvalue weighted by Crippen LogP contribution is -2.37. The fourth-order valence-corrected chi connectivity index (χ4v) is 3.24. The van der Waals surface area contributed by atoms with Gasteiger partial charge in [-0.3, -0.25) is 0 Å². The summed E-state index contributed by atoms with van der Waals surface area (Å²) in [6.07, 6.45) is 1.82. The lowest BCUT2D eigenvalue weighted by molar-refractivity contribution is 0.0465. The van der Waals surface area contributed by atoms with E-state index in [2.05, 4.69) is 51.4 Å². The highest BCUT2D eigenvalue weighted by Gasteiger charge is 2.28. The van der Waals surface area contributed by atoms with Crippen molar-refractivity contribution in [2.24, 2.45) is 5.92 Å². The third kappa shape index (κ3) is 3.25. The monoisotopic (exact) mass is 312 g/mol.